The lowest BCUT2D eigenvalue weighted by molar-refractivity contribution is -0.114. The molecule has 0 radical (unpaired) electrons. The Morgan fingerprint density at radius 1 is 1.18 bits per heavy atom. The first-order valence-corrected chi connectivity index (χ1v) is 9.35. The highest BCUT2D eigenvalue weighted by atomic mass is 19.1. The van der Waals surface area contributed by atoms with Crippen LogP contribution in [-0.2, 0) is 4.79 Å². The molecule has 1 aliphatic heterocycles. The highest BCUT2D eigenvalue weighted by molar-refractivity contribution is 5.93. The molecule has 6 nitrogen and oxygen atoms in total. The van der Waals surface area contributed by atoms with Crippen LogP contribution in [0.15, 0.2) is 42.5 Å². The minimum Gasteiger partial charge on any atom is -0.494 e. The van der Waals surface area contributed by atoms with Gasteiger partial charge in [-0.05, 0) is 55.7 Å². The summed E-state index contributed by atoms with van der Waals surface area (Å²) in [4.78, 5) is 25.7. The fourth-order valence-electron chi connectivity index (χ4n) is 3.40. The third kappa shape index (κ3) is 4.60. The van der Waals surface area contributed by atoms with E-state index < -0.39 is 5.82 Å². The number of carbonyl (C=O) groups excluding carboxylic acids is 2. The van der Waals surface area contributed by atoms with E-state index in [1.54, 1.807) is 4.90 Å². The van der Waals surface area contributed by atoms with E-state index in [0.717, 1.165) is 24.2 Å². The van der Waals surface area contributed by atoms with Crippen LogP contribution in [0.5, 0.6) is 5.75 Å². The van der Waals surface area contributed by atoms with Gasteiger partial charge in [-0.1, -0.05) is 12.1 Å². The minimum absolute atomic E-state index is 0.0357. The third-order valence-corrected chi connectivity index (χ3v) is 4.62. The zero-order valence-electron chi connectivity index (χ0n) is 16.0. The lowest BCUT2D eigenvalue weighted by Crippen LogP contribution is -2.34. The molecule has 2 aromatic rings. The summed E-state index contributed by atoms with van der Waals surface area (Å²) in [6.45, 7) is 4.49. The second-order valence-electron chi connectivity index (χ2n) is 6.66. The number of urea groups is 1. The van der Waals surface area contributed by atoms with Gasteiger partial charge in [0.25, 0.3) is 0 Å². The van der Waals surface area contributed by atoms with Crippen molar-refractivity contribution in [3.05, 3.63) is 53.8 Å². The number of benzene rings is 2. The van der Waals surface area contributed by atoms with Crippen molar-refractivity contribution in [1.29, 1.82) is 0 Å². The van der Waals surface area contributed by atoms with Gasteiger partial charge in [0.15, 0.2) is 0 Å². The SMILES string of the molecule is CCOc1ccc(C2CCCN2C(=O)Nc2cc(NC(C)=O)ccc2F)cc1. The van der Waals surface area contributed by atoms with Gasteiger partial charge >= 0.3 is 6.03 Å². The first kappa shape index (κ1) is 19.7. The fourth-order valence-corrected chi connectivity index (χ4v) is 3.40. The van der Waals surface area contributed by atoms with E-state index >= 15 is 0 Å². The van der Waals surface area contributed by atoms with Gasteiger partial charge in [0, 0.05) is 19.2 Å². The number of amides is 3. The highest BCUT2D eigenvalue weighted by Crippen LogP contribution is 2.33. The van der Waals surface area contributed by atoms with Crippen LogP contribution in [0.3, 0.4) is 0 Å². The van der Waals surface area contributed by atoms with E-state index in [-0.39, 0.29) is 23.7 Å². The Morgan fingerprint density at radius 2 is 1.93 bits per heavy atom. The molecule has 7 heteroatoms. The molecule has 1 heterocycles. The Morgan fingerprint density at radius 3 is 2.61 bits per heavy atom. The Hall–Kier alpha value is -3.09. The first-order valence-electron chi connectivity index (χ1n) is 9.35. The highest BCUT2D eigenvalue weighted by Gasteiger charge is 2.30. The van der Waals surface area contributed by atoms with Gasteiger partial charge < -0.3 is 20.3 Å². The summed E-state index contributed by atoms with van der Waals surface area (Å²) in [6.07, 6.45) is 1.72. The quantitative estimate of drug-likeness (QED) is 0.793. The topological polar surface area (TPSA) is 70.7 Å². The molecule has 0 spiro atoms. The van der Waals surface area contributed by atoms with Gasteiger partial charge in [0.1, 0.15) is 11.6 Å². The maximum absolute atomic E-state index is 14.1. The van der Waals surface area contributed by atoms with Crippen LogP contribution >= 0.6 is 0 Å². The van der Waals surface area contributed by atoms with Crippen molar-refractivity contribution in [2.45, 2.75) is 32.7 Å². The van der Waals surface area contributed by atoms with E-state index in [2.05, 4.69) is 10.6 Å². The van der Waals surface area contributed by atoms with Gasteiger partial charge in [-0.25, -0.2) is 9.18 Å². The number of nitrogens with one attached hydrogen (secondary N) is 2. The number of ether oxygens (including phenoxy) is 1. The summed E-state index contributed by atoms with van der Waals surface area (Å²) in [7, 11) is 0. The molecule has 1 atom stereocenters. The predicted octanol–water partition coefficient (Wildman–Crippen LogP) is 4.55. The van der Waals surface area contributed by atoms with Gasteiger partial charge in [-0.15, -0.1) is 0 Å². The molecule has 1 fully saturated rings. The summed E-state index contributed by atoms with van der Waals surface area (Å²) < 4.78 is 19.6. The summed E-state index contributed by atoms with van der Waals surface area (Å²) in [5.41, 5.74) is 1.48. The van der Waals surface area contributed by atoms with Crippen LogP contribution in [0, 0.1) is 5.82 Å². The average molecular weight is 385 g/mol. The van der Waals surface area contributed by atoms with Crippen molar-refractivity contribution in [2.75, 3.05) is 23.8 Å². The van der Waals surface area contributed by atoms with E-state index in [4.69, 9.17) is 4.74 Å². The van der Waals surface area contributed by atoms with E-state index in [0.29, 0.717) is 18.8 Å². The second-order valence-corrected chi connectivity index (χ2v) is 6.66. The molecule has 2 N–H and O–H groups in total. The average Bonchev–Trinajstić information content (AvgIpc) is 3.15. The van der Waals surface area contributed by atoms with Crippen LogP contribution < -0.4 is 15.4 Å². The number of anilines is 2. The van der Waals surface area contributed by atoms with Crippen molar-refractivity contribution in [3.8, 4) is 5.75 Å². The van der Waals surface area contributed by atoms with E-state index in [1.807, 2.05) is 31.2 Å². The van der Waals surface area contributed by atoms with Crippen molar-refractivity contribution in [2.24, 2.45) is 0 Å². The number of halogens is 1. The lowest BCUT2D eigenvalue weighted by atomic mass is 10.0. The first-order chi connectivity index (χ1) is 13.5. The largest absolute Gasteiger partial charge is 0.494 e. The molecular weight excluding hydrogens is 361 g/mol. The molecule has 148 valence electrons. The zero-order chi connectivity index (χ0) is 20.1. The summed E-state index contributed by atoms with van der Waals surface area (Å²) in [5.74, 6) is -0.0321. The van der Waals surface area contributed by atoms with Crippen LogP contribution in [0.2, 0.25) is 0 Å². The Kier molecular flexibility index (Phi) is 6.13. The van der Waals surface area contributed by atoms with Crippen LogP contribution in [0.25, 0.3) is 0 Å². The van der Waals surface area contributed by atoms with Gasteiger partial charge in [-0.3, -0.25) is 4.79 Å². The molecule has 0 aromatic heterocycles. The molecular formula is C21H24FN3O3. The number of likely N-dealkylation sites (tertiary alicyclic amines) is 1. The van der Waals surface area contributed by atoms with Gasteiger partial charge in [0.2, 0.25) is 5.91 Å². The molecule has 0 aliphatic carbocycles. The number of rotatable bonds is 5. The molecule has 0 saturated carbocycles. The number of nitrogens with zero attached hydrogens (tertiary/aromatic N) is 1. The molecule has 3 rings (SSSR count). The van der Waals surface area contributed by atoms with Crippen LogP contribution in [0.4, 0.5) is 20.6 Å². The molecule has 2 aromatic carbocycles. The molecule has 3 amide bonds. The van der Waals surface area contributed by atoms with Crippen LogP contribution in [-0.4, -0.2) is 30.0 Å². The number of hydrogen-bond donors (Lipinski definition) is 2. The molecule has 28 heavy (non-hydrogen) atoms. The zero-order valence-corrected chi connectivity index (χ0v) is 16.0. The number of hydrogen-bond acceptors (Lipinski definition) is 3. The standard InChI is InChI=1S/C21H24FN3O3/c1-3-28-17-9-6-15(7-10-17)20-5-4-12-25(20)21(27)24-19-13-16(23-14(2)26)8-11-18(19)22/h6-11,13,20H,3-5,12H2,1-2H3,(H,23,26)(H,24,27). The molecule has 1 saturated heterocycles. The maximum atomic E-state index is 14.1. The monoisotopic (exact) mass is 385 g/mol. The van der Waals surface area contributed by atoms with Crippen molar-refractivity contribution in [3.63, 3.8) is 0 Å². The molecule has 1 aliphatic rings. The molecule has 0 bridgehead atoms. The fraction of sp³-hybridized carbons (Fsp3) is 0.333. The van der Waals surface area contributed by atoms with E-state index in [9.17, 15) is 14.0 Å². The second kappa shape index (κ2) is 8.73. The van der Waals surface area contributed by atoms with Crippen molar-refractivity contribution < 1.29 is 18.7 Å². The predicted molar refractivity (Wildman–Crippen MR) is 106 cm³/mol. The lowest BCUT2D eigenvalue weighted by Gasteiger charge is -2.25. The van der Waals surface area contributed by atoms with Gasteiger partial charge in [0.05, 0.1) is 18.3 Å². The minimum atomic E-state index is -0.556. The molecule has 1 unspecified atom stereocenters. The Balaban J connectivity index is 1.73. The van der Waals surface area contributed by atoms with Crippen molar-refractivity contribution >= 4 is 23.3 Å². The van der Waals surface area contributed by atoms with E-state index in [1.165, 1.54) is 25.1 Å². The summed E-state index contributed by atoms with van der Waals surface area (Å²) in [5, 5.41) is 5.22. The Labute approximate surface area is 163 Å². The van der Waals surface area contributed by atoms with Gasteiger partial charge in [-0.2, -0.15) is 0 Å². The van der Waals surface area contributed by atoms with Crippen LogP contribution in [0.1, 0.15) is 38.3 Å². The maximum Gasteiger partial charge on any atom is 0.322 e. The number of carbonyl (C=O) groups is 2. The van der Waals surface area contributed by atoms with Crippen molar-refractivity contribution in [1.82, 2.24) is 4.90 Å². The summed E-state index contributed by atoms with van der Waals surface area (Å²) in [6, 6.07) is 11.3. The smallest absolute Gasteiger partial charge is 0.322 e. The Bertz CT molecular complexity index is 854. The third-order valence-electron chi connectivity index (χ3n) is 4.62. The summed E-state index contributed by atoms with van der Waals surface area (Å²) >= 11 is 0. The normalized spacial score (nSPS) is 16.0.